The van der Waals surface area contributed by atoms with Crippen LogP contribution in [0, 0.1) is 11.6 Å². The van der Waals surface area contributed by atoms with E-state index in [4.69, 9.17) is 11.6 Å². The van der Waals surface area contributed by atoms with E-state index in [1.165, 1.54) is 23.5 Å². The fourth-order valence-corrected chi connectivity index (χ4v) is 3.88. The standard InChI is InChI=1S/C15H15ClF2N2S/c16-14-4-3-13(21-14)15(20-7-5-19-6-8-20)11-9-10(17)1-2-12(11)18/h1-4,9,15,19H,5-8H2/t15-/m1/s1. The van der Waals surface area contributed by atoms with E-state index in [0.717, 1.165) is 37.1 Å². The molecule has 3 rings (SSSR count). The van der Waals surface area contributed by atoms with Gasteiger partial charge in [0.05, 0.1) is 10.4 Å². The van der Waals surface area contributed by atoms with Gasteiger partial charge in [-0.1, -0.05) is 11.6 Å². The molecule has 0 amide bonds. The zero-order chi connectivity index (χ0) is 14.8. The smallest absolute Gasteiger partial charge is 0.128 e. The molecule has 0 aliphatic carbocycles. The van der Waals surface area contributed by atoms with Crippen molar-refractivity contribution in [2.45, 2.75) is 6.04 Å². The van der Waals surface area contributed by atoms with Crippen LogP contribution in [0.1, 0.15) is 16.5 Å². The molecule has 0 radical (unpaired) electrons. The molecule has 1 aliphatic rings. The molecule has 2 nitrogen and oxygen atoms in total. The number of rotatable bonds is 3. The minimum absolute atomic E-state index is 0.291. The molecule has 1 aromatic heterocycles. The topological polar surface area (TPSA) is 15.3 Å². The lowest BCUT2D eigenvalue weighted by Crippen LogP contribution is -2.45. The van der Waals surface area contributed by atoms with E-state index < -0.39 is 5.82 Å². The van der Waals surface area contributed by atoms with E-state index in [0.29, 0.717) is 9.90 Å². The highest BCUT2D eigenvalue weighted by molar-refractivity contribution is 7.16. The van der Waals surface area contributed by atoms with Gasteiger partial charge in [0.1, 0.15) is 11.6 Å². The number of halogens is 3. The van der Waals surface area contributed by atoms with Crippen molar-refractivity contribution >= 4 is 22.9 Å². The van der Waals surface area contributed by atoms with Crippen LogP contribution in [0.4, 0.5) is 8.78 Å². The normalized spacial score (nSPS) is 17.9. The van der Waals surface area contributed by atoms with Crippen LogP contribution in [-0.4, -0.2) is 31.1 Å². The van der Waals surface area contributed by atoms with Crippen molar-refractivity contribution in [3.05, 3.63) is 56.7 Å². The van der Waals surface area contributed by atoms with Crippen LogP contribution in [0.15, 0.2) is 30.3 Å². The van der Waals surface area contributed by atoms with E-state index in [9.17, 15) is 8.78 Å². The van der Waals surface area contributed by atoms with Crippen LogP contribution in [0.3, 0.4) is 0 Å². The van der Waals surface area contributed by atoms with E-state index in [2.05, 4.69) is 10.2 Å². The minimum Gasteiger partial charge on any atom is -0.314 e. The fraction of sp³-hybridized carbons (Fsp3) is 0.333. The third kappa shape index (κ3) is 3.26. The molecule has 1 atom stereocenters. The van der Waals surface area contributed by atoms with Gasteiger partial charge in [-0.25, -0.2) is 8.78 Å². The van der Waals surface area contributed by atoms with Crippen LogP contribution in [0.25, 0.3) is 0 Å². The molecule has 1 aliphatic heterocycles. The Bertz CT molecular complexity index is 626. The van der Waals surface area contributed by atoms with Crippen LogP contribution >= 0.6 is 22.9 Å². The Labute approximate surface area is 131 Å². The first-order valence-corrected chi connectivity index (χ1v) is 7.99. The summed E-state index contributed by atoms with van der Waals surface area (Å²) in [5, 5.41) is 3.27. The lowest BCUT2D eigenvalue weighted by atomic mass is 10.0. The van der Waals surface area contributed by atoms with Crippen molar-refractivity contribution in [1.29, 1.82) is 0 Å². The summed E-state index contributed by atoms with van der Waals surface area (Å²) in [7, 11) is 0. The second kappa shape index (κ2) is 6.40. The molecule has 2 heterocycles. The molecular weight excluding hydrogens is 314 g/mol. The second-order valence-corrected chi connectivity index (χ2v) is 6.74. The largest absolute Gasteiger partial charge is 0.314 e. The fourth-order valence-electron chi connectivity index (χ4n) is 2.67. The third-order valence-corrected chi connectivity index (χ3v) is 4.92. The quantitative estimate of drug-likeness (QED) is 0.924. The van der Waals surface area contributed by atoms with Crippen LogP contribution in [0.5, 0.6) is 0 Å². The van der Waals surface area contributed by atoms with Gasteiger partial charge < -0.3 is 5.32 Å². The summed E-state index contributed by atoms with van der Waals surface area (Å²) in [5.74, 6) is -0.807. The molecule has 21 heavy (non-hydrogen) atoms. The number of nitrogens with zero attached hydrogens (tertiary/aromatic N) is 1. The number of benzene rings is 1. The average molecular weight is 329 g/mol. The Morgan fingerprint density at radius 2 is 1.90 bits per heavy atom. The van der Waals surface area contributed by atoms with Crippen molar-refractivity contribution in [2.75, 3.05) is 26.2 Å². The molecule has 1 saturated heterocycles. The Hall–Kier alpha value is -1.01. The molecule has 1 N–H and O–H groups in total. The van der Waals surface area contributed by atoms with Gasteiger partial charge in [0, 0.05) is 36.6 Å². The summed E-state index contributed by atoms with van der Waals surface area (Å²) in [6.45, 7) is 3.26. The zero-order valence-electron chi connectivity index (χ0n) is 11.3. The molecule has 1 fully saturated rings. The van der Waals surface area contributed by atoms with Gasteiger partial charge in [0.25, 0.3) is 0 Å². The molecule has 0 unspecified atom stereocenters. The molecule has 0 bridgehead atoms. The molecule has 2 aromatic rings. The van der Waals surface area contributed by atoms with Gasteiger partial charge in [0.2, 0.25) is 0 Å². The SMILES string of the molecule is Fc1ccc(F)c([C@H](c2ccc(Cl)s2)N2CCNCC2)c1. The number of nitrogens with one attached hydrogen (secondary N) is 1. The van der Waals surface area contributed by atoms with Crippen molar-refractivity contribution < 1.29 is 8.78 Å². The van der Waals surface area contributed by atoms with E-state index >= 15 is 0 Å². The molecule has 1 aromatic carbocycles. The predicted octanol–water partition coefficient (Wildman–Crippen LogP) is 3.67. The highest BCUT2D eigenvalue weighted by Crippen LogP contribution is 2.36. The Kier molecular flexibility index (Phi) is 4.54. The summed E-state index contributed by atoms with van der Waals surface area (Å²) >= 11 is 7.43. The summed E-state index contributed by atoms with van der Waals surface area (Å²) in [4.78, 5) is 3.10. The number of hydrogen-bond donors (Lipinski definition) is 1. The monoisotopic (exact) mass is 328 g/mol. The van der Waals surface area contributed by atoms with E-state index in [-0.39, 0.29) is 11.9 Å². The van der Waals surface area contributed by atoms with Gasteiger partial charge >= 0.3 is 0 Å². The molecule has 6 heteroatoms. The molecule has 0 spiro atoms. The Balaban J connectivity index is 2.04. The summed E-state index contributed by atoms with van der Waals surface area (Å²) in [5.41, 5.74) is 0.371. The molecule has 0 saturated carbocycles. The highest BCUT2D eigenvalue weighted by atomic mass is 35.5. The van der Waals surface area contributed by atoms with Crippen LogP contribution in [-0.2, 0) is 0 Å². The third-order valence-electron chi connectivity index (χ3n) is 3.63. The van der Waals surface area contributed by atoms with E-state index in [1.807, 2.05) is 6.07 Å². The van der Waals surface area contributed by atoms with E-state index in [1.54, 1.807) is 6.07 Å². The number of piperazine rings is 1. The van der Waals surface area contributed by atoms with Gasteiger partial charge in [-0.2, -0.15) is 0 Å². The summed E-state index contributed by atoms with van der Waals surface area (Å²) < 4.78 is 28.5. The van der Waals surface area contributed by atoms with Crippen LogP contribution in [0.2, 0.25) is 4.34 Å². The van der Waals surface area contributed by atoms with Crippen molar-refractivity contribution in [2.24, 2.45) is 0 Å². The maximum Gasteiger partial charge on any atom is 0.128 e. The average Bonchev–Trinajstić information content (AvgIpc) is 2.90. The Morgan fingerprint density at radius 3 is 2.57 bits per heavy atom. The minimum atomic E-state index is -0.422. The lowest BCUT2D eigenvalue weighted by molar-refractivity contribution is 0.197. The maximum atomic E-state index is 14.2. The maximum absolute atomic E-state index is 14.2. The predicted molar refractivity (Wildman–Crippen MR) is 82.0 cm³/mol. The zero-order valence-corrected chi connectivity index (χ0v) is 12.9. The van der Waals surface area contributed by atoms with Gasteiger partial charge in [-0.15, -0.1) is 11.3 Å². The highest BCUT2D eigenvalue weighted by Gasteiger charge is 2.27. The van der Waals surface area contributed by atoms with Crippen molar-refractivity contribution in [3.63, 3.8) is 0 Å². The van der Waals surface area contributed by atoms with Crippen LogP contribution < -0.4 is 5.32 Å². The van der Waals surface area contributed by atoms with Crippen molar-refractivity contribution in [1.82, 2.24) is 10.2 Å². The molecular formula is C15H15ClF2N2S. The lowest BCUT2D eigenvalue weighted by Gasteiger charge is -2.34. The number of thiophene rings is 1. The van der Waals surface area contributed by atoms with Crippen molar-refractivity contribution in [3.8, 4) is 0 Å². The summed E-state index contributed by atoms with van der Waals surface area (Å²) in [6.07, 6.45) is 0. The number of hydrogen-bond acceptors (Lipinski definition) is 3. The summed E-state index contributed by atoms with van der Waals surface area (Å²) in [6, 6.07) is 7.03. The first kappa shape index (κ1) is 14.9. The van der Waals surface area contributed by atoms with Gasteiger partial charge in [0.15, 0.2) is 0 Å². The first-order valence-electron chi connectivity index (χ1n) is 6.80. The Morgan fingerprint density at radius 1 is 1.14 bits per heavy atom. The van der Waals surface area contributed by atoms with Gasteiger partial charge in [-0.3, -0.25) is 4.90 Å². The second-order valence-electron chi connectivity index (χ2n) is 5.00. The molecule has 112 valence electrons. The van der Waals surface area contributed by atoms with Gasteiger partial charge in [-0.05, 0) is 30.3 Å². The first-order chi connectivity index (χ1) is 10.1.